The molecule has 1 atom stereocenters. The second-order valence-electron chi connectivity index (χ2n) is 3.31. The Morgan fingerprint density at radius 1 is 1.31 bits per heavy atom. The Kier molecular flexibility index (Phi) is 12.0. The molecule has 0 saturated heterocycles. The first-order chi connectivity index (χ1) is 7.81. The van der Waals surface area contributed by atoms with E-state index in [1.807, 2.05) is 13.8 Å². The fraction of sp³-hybridized carbons (Fsp3) is 0.833. The quantitative estimate of drug-likeness (QED) is 0.421. The van der Waals surface area contributed by atoms with E-state index in [0.717, 1.165) is 13.0 Å². The molecule has 4 nitrogen and oxygen atoms in total. The molecule has 0 amide bonds. The van der Waals surface area contributed by atoms with Gasteiger partial charge in [0, 0.05) is 26.1 Å². The highest BCUT2D eigenvalue weighted by Gasteiger charge is 2.02. The van der Waals surface area contributed by atoms with Gasteiger partial charge in [-0.15, -0.1) is 11.8 Å². The number of nitrogens with one attached hydrogen (secondary N) is 1. The van der Waals surface area contributed by atoms with Gasteiger partial charge in [-0.25, -0.2) is 0 Å². The van der Waals surface area contributed by atoms with Gasteiger partial charge in [-0.2, -0.15) is 0 Å². The first-order valence-corrected chi connectivity index (χ1v) is 5.75. The molecule has 94 valence electrons. The minimum absolute atomic E-state index is 0.347. The summed E-state index contributed by atoms with van der Waals surface area (Å²) in [6, 6.07) is 0. The number of hydrogen-bond acceptors (Lipinski definition) is 4. The Morgan fingerprint density at radius 3 is 2.75 bits per heavy atom. The Morgan fingerprint density at radius 2 is 2.06 bits per heavy atom. The van der Waals surface area contributed by atoms with Crippen LogP contribution in [0.3, 0.4) is 0 Å². The van der Waals surface area contributed by atoms with Crippen LogP contribution < -0.4 is 5.32 Å². The number of hydrogen-bond donors (Lipinski definition) is 2. The van der Waals surface area contributed by atoms with Crippen LogP contribution in [-0.2, 0) is 9.47 Å². The molecule has 0 aliphatic heterocycles. The predicted molar refractivity (Wildman–Crippen MR) is 64.3 cm³/mol. The van der Waals surface area contributed by atoms with Gasteiger partial charge in [0.05, 0.1) is 25.9 Å². The molecule has 0 heterocycles. The van der Waals surface area contributed by atoms with Gasteiger partial charge in [0.15, 0.2) is 0 Å². The fourth-order valence-corrected chi connectivity index (χ4v) is 1.09. The van der Waals surface area contributed by atoms with Crippen LogP contribution in [0, 0.1) is 11.8 Å². The topological polar surface area (TPSA) is 50.7 Å². The molecule has 16 heavy (non-hydrogen) atoms. The first kappa shape index (κ1) is 15.4. The monoisotopic (exact) mass is 229 g/mol. The SMILES string of the molecule is CC#CCCNCC(O)COCCOCC. The van der Waals surface area contributed by atoms with Crippen LogP contribution in [0.5, 0.6) is 0 Å². The highest BCUT2D eigenvalue weighted by molar-refractivity contribution is 4.95. The second-order valence-corrected chi connectivity index (χ2v) is 3.31. The summed E-state index contributed by atoms with van der Waals surface area (Å²) in [6.45, 7) is 7.27. The maximum Gasteiger partial charge on any atom is 0.0897 e. The third-order valence-electron chi connectivity index (χ3n) is 1.87. The van der Waals surface area contributed by atoms with Crippen molar-refractivity contribution in [3.63, 3.8) is 0 Å². The summed E-state index contributed by atoms with van der Waals surface area (Å²) in [5.41, 5.74) is 0. The molecule has 0 saturated carbocycles. The molecule has 2 N–H and O–H groups in total. The van der Waals surface area contributed by atoms with Crippen LogP contribution in [0.1, 0.15) is 20.3 Å². The Hall–Kier alpha value is -0.600. The van der Waals surface area contributed by atoms with Gasteiger partial charge in [0.2, 0.25) is 0 Å². The minimum Gasteiger partial charge on any atom is -0.389 e. The summed E-state index contributed by atoms with van der Waals surface area (Å²) < 4.78 is 10.3. The van der Waals surface area contributed by atoms with E-state index in [9.17, 15) is 5.11 Å². The van der Waals surface area contributed by atoms with Crippen molar-refractivity contribution in [1.29, 1.82) is 0 Å². The van der Waals surface area contributed by atoms with Crippen molar-refractivity contribution < 1.29 is 14.6 Å². The van der Waals surface area contributed by atoms with E-state index in [1.54, 1.807) is 0 Å². The molecule has 0 aliphatic rings. The first-order valence-electron chi connectivity index (χ1n) is 5.75. The van der Waals surface area contributed by atoms with Crippen LogP contribution in [0.4, 0.5) is 0 Å². The lowest BCUT2D eigenvalue weighted by atomic mass is 10.3. The van der Waals surface area contributed by atoms with E-state index in [0.29, 0.717) is 33.0 Å². The average Bonchev–Trinajstić information content (AvgIpc) is 2.28. The molecule has 0 aromatic carbocycles. The normalized spacial score (nSPS) is 11.9. The van der Waals surface area contributed by atoms with Crippen molar-refractivity contribution in [2.75, 3.05) is 39.5 Å². The van der Waals surface area contributed by atoms with Crippen LogP contribution in [-0.4, -0.2) is 50.7 Å². The van der Waals surface area contributed by atoms with Gasteiger partial charge in [0.1, 0.15) is 0 Å². The average molecular weight is 229 g/mol. The largest absolute Gasteiger partial charge is 0.389 e. The molecular formula is C12H23NO3. The Labute approximate surface area is 98.3 Å². The van der Waals surface area contributed by atoms with Crippen molar-refractivity contribution in [2.45, 2.75) is 26.4 Å². The second kappa shape index (κ2) is 12.5. The van der Waals surface area contributed by atoms with E-state index in [4.69, 9.17) is 9.47 Å². The molecular weight excluding hydrogens is 206 g/mol. The predicted octanol–water partition coefficient (Wildman–Crippen LogP) is 0.403. The summed E-state index contributed by atoms with van der Waals surface area (Å²) in [4.78, 5) is 0. The molecule has 0 aromatic heterocycles. The van der Waals surface area contributed by atoms with Gasteiger partial charge in [0.25, 0.3) is 0 Å². The number of rotatable bonds is 10. The smallest absolute Gasteiger partial charge is 0.0897 e. The summed E-state index contributed by atoms with van der Waals surface area (Å²) in [5.74, 6) is 5.76. The fourth-order valence-electron chi connectivity index (χ4n) is 1.09. The lowest BCUT2D eigenvalue weighted by Gasteiger charge is -2.11. The van der Waals surface area contributed by atoms with E-state index in [2.05, 4.69) is 17.2 Å². The summed E-state index contributed by atoms with van der Waals surface area (Å²) >= 11 is 0. The van der Waals surface area contributed by atoms with Crippen LogP contribution in [0.2, 0.25) is 0 Å². The standard InChI is InChI=1S/C12H23NO3/c1-3-5-6-7-13-10-12(14)11-16-9-8-15-4-2/h12-14H,4,6-11H2,1-2H3. The van der Waals surface area contributed by atoms with Crippen molar-refractivity contribution >= 4 is 0 Å². The molecule has 0 aromatic rings. The Balaban J connectivity index is 3.16. The zero-order valence-corrected chi connectivity index (χ0v) is 10.3. The zero-order chi connectivity index (χ0) is 12.1. The van der Waals surface area contributed by atoms with E-state index >= 15 is 0 Å². The molecule has 0 bridgehead atoms. The zero-order valence-electron chi connectivity index (χ0n) is 10.3. The number of ether oxygens (including phenoxy) is 2. The molecule has 0 aliphatic carbocycles. The van der Waals surface area contributed by atoms with E-state index in [-0.39, 0.29) is 0 Å². The molecule has 0 fully saturated rings. The third-order valence-corrected chi connectivity index (χ3v) is 1.87. The number of aliphatic hydroxyl groups is 1. The van der Waals surface area contributed by atoms with Crippen molar-refractivity contribution in [3.8, 4) is 11.8 Å². The van der Waals surface area contributed by atoms with Gasteiger partial charge < -0.3 is 19.9 Å². The maximum absolute atomic E-state index is 9.50. The number of aliphatic hydroxyl groups excluding tert-OH is 1. The van der Waals surface area contributed by atoms with Crippen LogP contribution in [0.25, 0.3) is 0 Å². The van der Waals surface area contributed by atoms with Crippen LogP contribution in [0.15, 0.2) is 0 Å². The molecule has 4 heteroatoms. The Bertz CT molecular complexity index is 198. The molecule has 0 spiro atoms. The van der Waals surface area contributed by atoms with Crippen molar-refractivity contribution in [2.24, 2.45) is 0 Å². The summed E-state index contributed by atoms with van der Waals surface area (Å²) in [7, 11) is 0. The molecule has 1 unspecified atom stereocenters. The van der Waals surface area contributed by atoms with Crippen molar-refractivity contribution in [3.05, 3.63) is 0 Å². The molecule has 0 radical (unpaired) electrons. The van der Waals surface area contributed by atoms with Gasteiger partial charge in [-0.05, 0) is 13.8 Å². The van der Waals surface area contributed by atoms with Crippen LogP contribution >= 0.6 is 0 Å². The van der Waals surface area contributed by atoms with Gasteiger partial charge >= 0.3 is 0 Å². The van der Waals surface area contributed by atoms with Gasteiger partial charge in [-0.1, -0.05) is 0 Å². The highest BCUT2D eigenvalue weighted by atomic mass is 16.5. The summed E-state index contributed by atoms with van der Waals surface area (Å²) in [5, 5.41) is 12.6. The maximum atomic E-state index is 9.50. The third kappa shape index (κ3) is 11.5. The van der Waals surface area contributed by atoms with E-state index < -0.39 is 6.10 Å². The lowest BCUT2D eigenvalue weighted by Crippen LogP contribution is -2.31. The highest BCUT2D eigenvalue weighted by Crippen LogP contribution is 1.85. The minimum atomic E-state index is -0.462. The van der Waals surface area contributed by atoms with Gasteiger partial charge in [-0.3, -0.25) is 0 Å². The molecule has 0 rings (SSSR count). The summed E-state index contributed by atoms with van der Waals surface area (Å²) in [6.07, 6.45) is 0.352. The van der Waals surface area contributed by atoms with Crippen molar-refractivity contribution in [1.82, 2.24) is 5.32 Å². The lowest BCUT2D eigenvalue weighted by molar-refractivity contribution is 0.00662. The van der Waals surface area contributed by atoms with E-state index in [1.165, 1.54) is 0 Å².